The predicted molar refractivity (Wildman–Crippen MR) is 67.8 cm³/mol. The molecule has 0 aliphatic rings. The van der Waals surface area contributed by atoms with Crippen molar-refractivity contribution in [3.8, 4) is 5.75 Å². The molecule has 1 N–H and O–H groups in total. The van der Waals surface area contributed by atoms with Gasteiger partial charge in [0, 0.05) is 19.2 Å². The van der Waals surface area contributed by atoms with Gasteiger partial charge >= 0.3 is 5.97 Å². The molecule has 0 saturated carbocycles. The first-order chi connectivity index (χ1) is 8.63. The zero-order chi connectivity index (χ0) is 13.5. The predicted octanol–water partition coefficient (Wildman–Crippen LogP) is 1.48. The summed E-state index contributed by atoms with van der Waals surface area (Å²) in [4.78, 5) is 11.7. The zero-order valence-electron chi connectivity index (χ0n) is 11.2. The van der Waals surface area contributed by atoms with E-state index in [2.05, 4.69) is 5.32 Å². The Bertz CT molecular complexity index is 418. The van der Waals surface area contributed by atoms with Crippen molar-refractivity contribution >= 4 is 5.97 Å². The summed E-state index contributed by atoms with van der Waals surface area (Å²) in [6.07, 6.45) is 0. The molecule has 100 valence electrons. The first kappa shape index (κ1) is 14.5. The van der Waals surface area contributed by atoms with Crippen LogP contribution in [0.15, 0.2) is 12.1 Å². The normalized spacial score (nSPS) is 10.2. The average molecular weight is 253 g/mol. The summed E-state index contributed by atoms with van der Waals surface area (Å²) in [5.41, 5.74) is 2.29. The highest BCUT2D eigenvalue weighted by atomic mass is 16.7. The standard InChI is InChI=1S/C13H19NO4/c1-9-5-10(7-14-2)12(18-8-16-3)11(6-9)13(15)17-4/h5-6,14H,7-8H2,1-4H3. The van der Waals surface area contributed by atoms with Gasteiger partial charge in [-0.2, -0.15) is 0 Å². The molecule has 5 nitrogen and oxygen atoms in total. The van der Waals surface area contributed by atoms with Crippen LogP contribution in [0.4, 0.5) is 0 Å². The van der Waals surface area contributed by atoms with Crippen LogP contribution in [0.25, 0.3) is 0 Å². The molecule has 0 bridgehead atoms. The molecule has 1 rings (SSSR count). The smallest absolute Gasteiger partial charge is 0.341 e. The maximum atomic E-state index is 11.7. The lowest BCUT2D eigenvalue weighted by Gasteiger charge is -2.15. The zero-order valence-corrected chi connectivity index (χ0v) is 11.2. The number of esters is 1. The lowest BCUT2D eigenvalue weighted by atomic mass is 10.0. The van der Waals surface area contributed by atoms with E-state index in [0.29, 0.717) is 17.9 Å². The maximum absolute atomic E-state index is 11.7. The SMILES string of the molecule is CNCc1cc(C)cc(C(=O)OC)c1OCOC. The topological polar surface area (TPSA) is 56.8 Å². The van der Waals surface area contributed by atoms with Gasteiger partial charge in [0.2, 0.25) is 0 Å². The van der Waals surface area contributed by atoms with Gasteiger partial charge in [-0.3, -0.25) is 0 Å². The molecule has 0 amide bonds. The first-order valence-electron chi connectivity index (χ1n) is 5.62. The molecule has 5 heteroatoms. The fourth-order valence-electron chi connectivity index (χ4n) is 1.72. The molecular weight excluding hydrogens is 234 g/mol. The van der Waals surface area contributed by atoms with Gasteiger partial charge in [0.25, 0.3) is 0 Å². The monoisotopic (exact) mass is 253 g/mol. The van der Waals surface area contributed by atoms with Gasteiger partial charge in [0.1, 0.15) is 11.3 Å². The summed E-state index contributed by atoms with van der Waals surface area (Å²) in [5, 5.41) is 3.04. The van der Waals surface area contributed by atoms with Crippen LogP contribution in [0.1, 0.15) is 21.5 Å². The second-order valence-corrected chi connectivity index (χ2v) is 3.87. The number of hydrogen-bond donors (Lipinski definition) is 1. The molecule has 1 aromatic rings. The van der Waals surface area contributed by atoms with Crippen molar-refractivity contribution in [3.63, 3.8) is 0 Å². The van der Waals surface area contributed by atoms with Crippen LogP contribution in [-0.2, 0) is 16.0 Å². The van der Waals surface area contributed by atoms with Gasteiger partial charge in [-0.15, -0.1) is 0 Å². The van der Waals surface area contributed by atoms with E-state index in [1.807, 2.05) is 20.0 Å². The van der Waals surface area contributed by atoms with E-state index in [-0.39, 0.29) is 6.79 Å². The van der Waals surface area contributed by atoms with E-state index in [0.717, 1.165) is 11.1 Å². The largest absolute Gasteiger partial charge is 0.466 e. The second kappa shape index (κ2) is 6.98. The van der Waals surface area contributed by atoms with Gasteiger partial charge < -0.3 is 19.5 Å². The van der Waals surface area contributed by atoms with Crippen molar-refractivity contribution in [3.05, 3.63) is 28.8 Å². The highest BCUT2D eigenvalue weighted by Gasteiger charge is 2.17. The number of ether oxygens (including phenoxy) is 3. The van der Waals surface area contributed by atoms with Crippen LogP contribution in [-0.4, -0.2) is 34.0 Å². The molecule has 0 atom stereocenters. The summed E-state index contributed by atoms with van der Waals surface area (Å²) < 4.78 is 15.1. The Morgan fingerprint density at radius 3 is 2.61 bits per heavy atom. The molecule has 0 aliphatic heterocycles. The summed E-state index contributed by atoms with van der Waals surface area (Å²) in [5.74, 6) is 0.0887. The summed E-state index contributed by atoms with van der Waals surface area (Å²) >= 11 is 0. The lowest BCUT2D eigenvalue weighted by molar-refractivity contribution is 0.0458. The quantitative estimate of drug-likeness (QED) is 0.615. The summed E-state index contributed by atoms with van der Waals surface area (Å²) in [7, 11) is 4.71. The highest BCUT2D eigenvalue weighted by Crippen LogP contribution is 2.27. The molecule has 0 saturated heterocycles. The maximum Gasteiger partial charge on any atom is 0.341 e. The third-order valence-corrected chi connectivity index (χ3v) is 2.40. The average Bonchev–Trinajstić information content (AvgIpc) is 2.36. The van der Waals surface area contributed by atoms with Crippen LogP contribution in [0.2, 0.25) is 0 Å². The third-order valence-electron chi connectivity index (χ3n) is 2.40. The highest BCUT2D eigenvalue weighted by molar-refractivity contribution is 5.93. The Morgan fingerprint density at radius 1 is 1.33 bits per heavy atom. The minimum Gasteiger partial charge on any atom is -0.466 e. The van der Waals surface area contributed by atoms with E-state index in [4.69, 9.17) is 14.2 Å². The number of benzene rings is 1. The van der Waals surface area contributed by atoms with Gasteiger partial charge in [-0.1, -0.05) is 6.07 Å². The van der Waals surface area contributed by atoms with Crippen molar-refractivity contribution in [1.29, 1.82) is 0 Å². The molecule has 0 aromatic heterocycles. The van der Waals surface area contributed by atoms with E-state index >= 15 is 0 Å². The molecule has 1 aromatic carbocycles. The Kier molecular flexibility index (Phi) is 5.61. The summed E-state index contributed by atoms with van der Waals surface area (Å²) in [6, 6.07) is 3.71. The minimum absolute atomic E-state index is 0.0871. The lowest BCUT2D eigenvalue weighted by Crippen LogP contribution is -2.13. The third kappa shape index (κ3) is 3.45. The fourth-order valence-corrected chi connectivity index (χ4v) is 1.72. The molecule has 18 heavy (non-hydrogen) atoms. The molecule has 0 radical (unpaired) electrons. The van der Waals surface area contributed by atoms with Crippen LogP contribution >= 0.6 is 0 Å². The van der Waals surface area contributed by atoms with Crippen molar-refractivity contribution in [1.82, 2.24) is 5.32 Å². The van der Waals surface area contributed by atoms with Crippen LogP contribution < -0.4 is 10.1 Å². The van der Waals surface area contributed by atoms with Crippen molar-refractivity contribution < 1.29 is 19.0 Å². The number of carbonyl (C=O) groups is 1. The van der Waals surface area contributed by atoms with E-state index in [1.165, 1.54) is 14.2 Å². The minimum atomic E-state index is -0.415. The first-order valence-corrected chi connectivity index (χ1v) is 5.62. The van der Waals surface area contributed by atoms with Crippen molar-refractivity contribution in [2.24, 2.45) is 0 Å². The van der Waals surface area contributed by atoms with E-state index in [1.54, 1.807) is 6.07 Å². The van der Waals surface area contributed by atoms with E-state index < -0.39 is 5.97 Å². The summed E-state index contributed by atoms with van der Waals surface area (Å²) in [6.45, 7) is 2.61. The Labute approximate surface area is 107 Å². The van der Waals surface area contributed by atoms with Crippen molar-refractivity contribution in [2.45, 2.75) is 13.5 Å². The number of aryl methyl sites for hydroxylation is 1. The number of carbonyl (C=O) groups excluding carboxylic acids is 1. The molecule has 0 heterocycles. The van der Waals surface area contributed by atoms with Gasteiger partial charge in [0.05, 0.1) is 7.11 Å². The van der Waals surface area contributed by atoms with Crippen LogP contribution in [0.3, 0.4) is 0 Å². The van der Waals surface area contributed by atoms with Crippen LogP contribution in [0, 0.1) is 6.92 Å². The fraction of sp³-hybridized carbons (Fsp3) is 0.462. The molecule has 0 unspecified atom stereocenters. The molecule has 0 aliphatic carbocycles. The Hall–Kier alpha value is -1.59. The number of methoxy groups -OCH3 is 2. The molecular formula is C13H19NO4. The number of rotatable bonds is 6. The molecule has 0 spiro atoms. The molecule has 0 fully saturated rings. The van der Waals surface area contributed by atoms with Gasteiger partial charge in [-0.25, -0.2) is 4.79 Å². The van der Waals surface area contributed by atoms with Crippen molar-refractivity contribution in [2.75, 3.05) is 28.1 Å². The van der Waals surface area contributed by atoms with E-state index in [9.17, 15) is 4.79 Å². The Balaban J connectivity index is 3.22. The van der Waals surface area contributed by atoms with Gasteiger partial charge in [0.15, 0.2) is 6.79 Å². The Morgan fingerprint density at radius 2 is 2.06 bits per heavy atom. The second-order valence-electron chi connectivity index (χ2n) is 3.87. The van der Waals surface area contributed by atoms with Gasteiger partial charge in [-0.05, 0) is 25.6 Å². The number of hydrogen-bond acceptors (Lipinski definition) is 5. The number of nitrogens with one attached hydrogen (secondary N) is 1. The van der Waals surface area contributed by atoms with Crippen LogP contribution in [0.5, 0.6) is 5.75 Å².